The molecule has 6 heteroatoms. The van der Waals surface area contributed by atoms with Crippen molar-refractivity contribution in [2.45, 2.75) is 192 Å². The Balaban J connectivity index is 1.62. The summed E-state index contributed by atoms with van der Waals surface area (Å²) in [6.07, 6.45) is 39.5. The molecule has 0 unspecified atom stereocenters. The Morgan fingerprint density at radius 1 is 0.381 bits per heavy atom. The molecule has 0 saturated heterocycles. The predicted molar refractivity (Wildman–Crippen MR) is 185 cm³/mol. The molecule has 2 aliphatic rings. The second-order valence-corrected chi connectivity index (χ2v) is 13.8. The molecule has 0 spiro atoms. The lowest BCUT2D eigenvalue weighted by Crippen LogP contribution is -2.48. The van der Waals surface area contributed by atoms with Crippen molar-refractivity contribution in [3.05, 3.63) is 0 Å². The minimum Gasteiger partial charge on any atom is -0.329 e. The molecule has 6 nitrogen and oxygen atoms in total. The molecule has 0 bridgehead atoms. The largest absolute Gasteiger partial charge is 0.329 e. The summed E-state index contributed by atoms with van der Waals surface area (Å²) >= 11 is 0. The SMILES string of the molecule is NCCN(CCNNC1CCCCCCCCCCCCCC1)CCNNC1CCCCCCCCCCCCCC1. The Morgan fingerprint density at radius 3 is 0.905 bits per heavy atom. The molecule has 0 atom stereocenters. The van der Waals surface area contributed by atoms with E-state index < -0.39 is 0 Å². The Kier molecular flexibility index (Phi) is 26.6. The van der Waals surface area contributed by atoms with E-state index >= 15 is 0 Å². The van der Waals surface area contributed by atoms with Gasteiger partial charge in [-0.1, -0.05) is 154 Å². The van der Waals surface area contributed by atoms with Crippen molar-refractivity contribution in [2.24, 2.45) is 5.73 Å². The molecule has 6 N–H and O–H groups in total. The zero-order chi connectivity index (χ0) is 29.6. The Hall–Kier alpha value is -0.240. The molecule has 2 rings (SSSR count). The molecule has 0 radical (unpaired) electrons. The average Bonchev–Trinajstić information content (AvgIpc) is 3.01. The summed E-state index contributed by atoms with van der Waals surface area (Å²) in [5, 5.41) is 0. The molecule has 0 aromatic rings. The van der Waals surface area contributed by atoms with Crippen molar-refractivity contribution in [3.8, 4) is 0 Å². The van der Waals surface area contributed by atoms with E-state index in [2.05, 4.69) is 26.6 Å². The van der Waals surface area contributed by atoms with Gasteiger partial charge < -0.3 is 5.73 Å². The summed E-state index contributed by atoms with van der Waals surface area (Å²) < 4.78 is 0. The summed E-state index contributed by atoms with van der Waals surface area (Å²) in [4.78, 5) is 2.51. The topological polar surface area (TPSA) is 77.4 Å². The van der Waals surface area contributed by atoms with Gasteiger partial charge in [-0.25, -0.2) is 0 Å². The monoisotopic (exact) mass is 593 g/mol. The van der Waals surface area contributed by atoms with Crippen molar-refractivity contribution in [1.29, 1.82) is 0 Å². The van der Waals surface area contributed by atoms with Gasteiger partial charge in [-0.3, -0.25) is 26.6 Å². The zero-order valence-electron chi connectivity index (χ0n) is 28.2. The lowest BCUT2D eigenvalue weighted by atomic mass is 10.0. The molecule has 0 aliphatic heterocycles. The maximum atomic E-state index is 5.99. The third-order valence-corrected chi connectivity index (χ3v) is 9.87. The number of hydrazine groups is 2. The van der Waals surface area contributed by atoms with Crippen LogP contribution >= 0.6 is 0 Å². The Morgan fingerprint density at radius 2 is 0.643 bits per heavy atom. The highest BCUT2D eigenvalue weighted by Crippen LogP contribution is 2.18. The highest BCUT2D eigenvalue weighted by molar-refractivity contribution is 4.69. The second kappa shape index (κ2) is 29.5. The van der Waals surface area contributed by atoms with E-state index in [1.54, 1.807) is 0 Å². The number of hydrogen-bond acceptors (Lipinski definition) is 6. The van der Waals surface area contributed by atoms with Gasteiger partial charge in [0.15, 0.2) is 0 Å². The van der Waals surface area contributed by atoms with Crippen LogP contribution in [0.3, 0.4) is 0 Å². The molecule has 250 valence electrons. The first kappa shape index (κ1) is 37.9. The number of nitrogens with zero attached hydrogens (tertiary/aromatic N) is 1. The fourth-order valence-corrected chi connectivity index (χ4v) is 7.05. The van der Waals surface area contributed by atoms with Crippen LogP contribution in [0, 0.1) is 0 Å². The molecule has 0 heterocycles. The average molecular weight is 593 g/mol. The maximum absolute atomic E-state index is 5.99. The van der Waals surface area contributed by atoms with Gasteiger partial charge in [0.05, 0.1) is 0 Å². The van der Waals surface area contributed by atoms with Gasteiger partial charge in [0.2, 0.25) is 0 Å². The van der Waals surface area contributed by atoms with Crippen molar-refractivity contribution < 1.29 is 0 Å². The molecule has 2 saturated carbocycles. The molecule has 2 aliphatic carbocycles. The fourth-order valence-electron chi connectivity index (χ4n) is 7.05. The second-order valence-electron chi connectivity index (χ2n) is 13.8. The number of hydrogen-bond donors (Lipinski definition) is 5. The van der Waals surface area contributed by atoms with Crippen LogP contribution in [-0.4, -0.2) is 56.3 Å². The van der Waals surface area contributed by atoms with Crippen LogP contribution in [0.15, 0.2) is 0 Å². The van der Waals surface area contributed by atoms with E-state index in [1.165, 1.54) is 180 Å². The highest BCUT2D eigenvalue weighted by atomic mass is 15.4. The van der Waals surface area contributed by atoms with Gasteiger partial charge in [0.25, 0.3) is 0 Å². The first-order chi connectivity index (χ1) is 20.9. The van der Waals surface area contributed by atoms with E-state index in [1.807, 2.05) is 0 Å². The van der Waals surface area contributed by atoms with Crippen LogP contribution in [0.25, 0.3) is 0 Å². The van der Waals surface area contributed by atoms with E-state index in [4.69, 9.17) is 5.73 Å². The normalized spacial score (nSPS) is 22.1. The van der Waals surface area contributed by atoms with Crippen LogP contribution in [-0.2, 0) is 0 Å². The maximum Gasteiger partial charge on any atom is 0.0228 e. The van der Waals surface area contributed by atoms with Crippen LogP contribution < -0.4 is 27.4 Å². The number of nitrogens with one attached hydrogen (secondary N) is 4. The molecule has 0 amide bonds. The zero-order valence-corrected chi connectivity index (χ0v) is 28.2. The third kappa shape index (κ3) is 23.2. The molecule has 42 heavy (non-hydrogen) atoms. The quantitative estimate of drug-likeness (QED) is 0.116. The van der Waals surface area contributed by atoms with Crippen molar-refractivity contribution in [3.63, 3.8) is 0 Å². The van der Waals surface area contributed by atoms with Gasteiger partial charge in [-0.05, 0) is 25.7 Å². The minimum atomic E-state index is 0.619. The minimum absolute atomic E-state index is 0.619. The standard InChI is InChI=1S/C36H76N6/c37-29-32-42(33-30-38-40-35-25-21-17-13-9-5-1-2-6-10-14-18-22-26-35)34-31-39-41-36-27-23-19-15-11-7-3-4-8-12-16-20-24-28-36/h35-36,38-41H,1-34,37H2. The highest BCUT2D eigenvalue weighted by Gasteiger charge is 2.11. The van der Waals surface area contributed by atoms with Gasteiger partial charge in [-0.15, -0.1) is 0 Å². The third-order valence-electron chi connectivity index (χ3n) is 9.87. The van der Waals surface area contributed by atoms with Gasteiger partial charge in [0.1, 0.15) is 0 Å². The first-order valence-corrected chi connectivity index (χ1v) is 19.3. The summed E-state index contributed by atoms with van der Waals surface area (Å²) in [5.41, 5.74) is 20.7. The summed E-state index contributed by atoms with van der Waals surface area (Å²) in [6.45, 7) is 5.74. The van der Waals surface area contributed by atoms with Crippen molar-refractivity contribution in [2.75, 3.05) is 39.3 Å². The smallest absolute Gasteiger partial charge is 0.0228 e. The summed E-state index contributed by atoms with van der Waals surface area (Å²) in [6, 6.07) is 1.24. The summed E-state index contributed by atoms with van der Waals surface area (Å²) in [7, 11) is 0. The molecule has 0 aromatic heterocycles. The molecular weight excluding hydrogens is 516 g/mol. The fraction of sp³-hybridized carbons (Fsp3) is 1.00. The van der Waals surface area contributed by atoms with Crippen molar-refractivity contribution >= 4 is 0 Å². The molecule has 2 fully saturated rings. The van der Waals surface area contributed by atoms with E-state index in [-0.39, 0.29) is 0 Å². The van der Waals surface area contributed by atoms with Gasteiger partial charge in [0, 0.05) is 51.4 Å². The van der Waals surface area contributed by atoms with E-state index in [0.29, 0.717) is 12.1 Å². The van der Waals surface area contributed by atoms with Crippen LogP contribution in [0.2, 0.25) is 0 Å². The first-order valence-electron chi connectivity index (χ1n) is 19.3. The molecular formula is C36H76N6. The van der Waals surface area contributed by atoms with Crippen molar-refractivity contribution in [1.82, 2.24) is 26.6 Å². The predicted octanol–water partition coefficient (Wildman–Crippen LogP) is 8.12. The number of rotatable bonds is 12. The summed E-state index contributed by atoms with van der Waals surface area (Å²) in [5.74, 6) is 0. The van der Waals surface area contributed by atoms with Gasteiger partial charge in [-0.2, -0.15) is 0 Å². The van der Waals surface area contributed by atoms with Crippen LogP contribution in [0.1, 0.15) is 180 Å². The molecule has 0 aromatic carbocycles. The lowest BCUT2D eigenvalue weighted by molar-refractivity contribution is 0.255. The van der Waals surface area contributed by atoms with E-state index in [9.17, 15) is 0 Å². The number of nitrogens with two attached hydrogens (primary N) is 1. The van der Waals surface area contributed by atoms with E-state index in [0.717, 1.165) is 39.3 Å². The van der Waals surface area contributed by atoms with Crippen LogP contribution in [0.5, 0.6) is 0 Å². The Labute approximate surface area is 263 Å². The van der Waals surface area contributed by atoms with Gasteiger partial charge >= 0.3 is 0 Å². The van der Waals surface area contributed by atoms with Crippen LogP contribution in [0.4, 0.5) is 0 Å². The lowest BCUT2D eigenvalue weighted by Gasteiger charge is -2.25. The Bertz CT molecular complexity index is 471.